The quantitative estimate of drug-likeness (QED) is 0.302. The van der Waals surface area contributed by atoms with Crippen LogP contribution in [0.3, 0.4) is 0 Å². The number of nitrogens with one attached hydrogen (secondary N) is 1. The molecular formula is C28H25F3N4S. The lowest BCUT2D eigenvalue weighted by Crippen LogP contribution is -2.29. The second-order valence-corrected chi connectivity index (χ2v) is 9.43. The zero-order valence-corrected chi connectivity index (χ0v) is 20.9. The van der Waals surface area contributed by atoms with Gasteiger partial charge in [-0.25, -0.2) is 0 Å². The van der Waals surface area contributed by atoms with E-state index in [2.05, 4.69) is 15.2 Å². The van der Waals surface area contributed by atoms with Crippen LogP contribution in [0.15, 0.2) is 79.0 Å². The number of hydrogen-bond donors (Lipinski definition) is 1. The maximum Gasteiger partial charge on any atom is 0.416 e. The minimum absolute atomic E-state index is 0.240. The second kappa shape index (κ2) is 9.09. The van der Waals surface area contributed by atoms with E-state index in [1.54, 1.807) is 12.3 Å². The normalized spacial score (nSPS) is 17.9. The van der Waals surface area contributed by atoms with Crippen molar-refractivity contribution in [1.82, 2.24) is 14.9 Å². The van der Waals surface area contributed by atoms with Gasteiger partial charge in [-0.3, -0.25) is 4.98 Å². The molecule has 1 aliphatic heterocycles. The third-order valence-electron chi connectivity index (χ3n) is 6.63. The van der Waals surface area contributed by atoms with E-state index >= 15 is 0 Å². The van der Waals surface area contributed by atoms with Crippen molar-refractivity contribution in [2.45, 2.75) is 39.0 Å². The highest BCUT2D eigenvalue weighted by Crippen LogP contribution is 2.44. The van der Waals surface area contributed by atoms with E-state index in [0.29, 0.717) is 10.8 Å². The molecular weight excluding hydrogens is 481 g/mol. The van der Waals surface area contributed by atoms with Gasteiger partial charge in [-0.15, -0.1) is 0 Å². The van der Waals surface area contributed by atoms with Crippen molar-refractivity contribution < 1.29 is 13.2 Å². The van der Waals surface area contributed by atoms with E-state index < -0.39 is 11.7 Å². The van der Waals surface area contributed by atoms with Crippen molar-refractivity contribution in [3.05, 3.63) is 113 Å². The molecule has 2 aromatic heterocycles. The summed E-state index contributed by atoms with van der Waals surface area (Å²) in [7, 11) is 0. The van der Waals surface area contributed by atoms with Gasteiger partial charge in [-0.2, -0.15) is 13.2 Å². The van der Waals surface area contributed by atoms with Crippen LogP contribution >= 0.6 is 12.2 Å². The molecule has 8 heteroatoms. The van der Waals surface area contributed by atoms with E-state index in [1.165, 1.54) is 12.1 Å². The zero-order valence-electron chi connectivity index (χ0n) is 20.0. The Kier molecular flexibility index (Phi) is 6.08. The second-order valence-electron chi connectivity index (χ2n) is 9.04. The maximum atomic E-state index is 13.4. The van der Waals surface area contributed by atoms with Crippen LogP contribution in [0.25, 0.3) is 5.69 Å². The van der Waals surface area contributed by atoms with Crippen LogP contribution in [0.2, 0.25) is 0 Å². The predicted molar refractivity (Wildman–Crippen MR) is 139 cm³/mol. The number of benzene rings is 2. The van der Waals surface area contributed by atoms with Gasteiger partial charge in [0.25, 0.3) is 0 Å². The number of hydrogen-bond acceptors (Lipinski definition) is 2. The average molecular weight is 507 g/mol. The summed E-state index contributed by atoms with van der Waals surface area (Å²) in [5.74, 6) is 0. The number of thiocarbonyl (C=S) groups is 1. The van der Waals surface area contributed by atoms with Gasteiger partial charge in [0.2, 0.25) is 0 Å². The molecule has 0 bridgehead atoms. The molecule has 1 fully saturated rings. The predicted octanol–water partition coefficient (Wildman–Crippen LogP) is 6.99. The van der Waals surface area contributed by atoms with Crippen molar-refractivity contribution in [2.75, 3.05) is 4.90 Å². The molecule has 0 aliphatic carbocycles. The fraction of sp³-hybridized carbons (Fsp3) is 0.214. The van der Waals surface area contributed by atoms with Gasteiger partial charge in [-0.05, 0) is 87.1 Å². The summed E-state index contributed by atoms with van der Waals surface area (Å²) in [4.78, 5) is 6.66. The third-order valence-corrected chi connectivity index (χ3v) is 6.95. The third kappa shape index (κ3) is 4.26. The van der Waals surface area contributed by atoms with Crippen LogP contribution in [0.4, 0.5) is 18.9 Å². The Labute approximate surface area is 213 Å². The Morgan fingerprint density at radius 2 is 1.64 bits per heavy atom. The lowest BCUT2D eigenvalue weighted by molar-refractivity contribution is -0.137. The molecule has 2 atom stereocenters. The number of aromatic nitrogens is 2. The zero-order chi connectivity index (χ0) is 25.6. The average Bonchev–Trinajstić information content (AvgIpc) is 3.35. The summed E-state index contributed by atoms with van der Waals surface area (Å²) in [6.45, 7) is 5.87. The van der Waals surface area contributed by atoms with E-state index in [9.17, 15) is 13.2 Å². The largest absolute Gasteiger partial charge is 0.416 e. The molecule has 4 nitrogen and oxygen atoms in total. The van der Waals surface area contributed by atoms with Crippen molar-refractivity contribution in [3.8, 4) is 5.69 Å². The van der Waals surface area contributed by atoms with Gasteiger partial charge in [-0.1, -0.05) is 29.8 Å². The summed E-state index contributed by atoms with van der Waals surface area (Å²) in [5.41, 5.74) is 5.35. The first kappa shape index (κ1) is 24.1. The fourth-order valence-corrected chi connectivity index (χ4v) is 5.31. The van der Waals surface area contributed by atoms with Gasteiger partial charge in [0.05, 0.1) is 23.3 Å². The molecule has 184 valence electrons. The van der Waals surface area contributed by atoms with Crippen LogP contribution in [-0.2, 0) is 6.18 Å². The molecule has 1 aliphatic rings. The first-order chi connectivity index (χ1) is 17.1. The topological polar surface area (TPSA) is 33.1 Å². The number of rotatable bonds is 4. The summed E-state index contributed by atoms with van der Waals surface area (Å²) in [6.07, 6.45) is -2.67. The Morgan fingerprint density at radius 3 is 2.31 bits per heavy atom. The highest BCUT2D eigenvalue weighted by atomic mass is 32.1. The Bertz CT molecular complexity index is 1410. The van der Waals surface area contributed by atoms with Crippen LogP contribution < -0.4 is 10.2 Å². The number of nitrogens with zero attached hydrogens (tertiary/aromatic N) is 3. The monoisotopic (exact) mass is 506 g/mol. The maximum absolute atomic E-state index is 13.4. The molecule has 2 unspecified atom stereocenters. The molecule has 0 spiro atoms. The first-order valence-corrected chi connectivity index (χ1v) is 12.0. The van der Waals surface area contributed by atoms with E-state index in [0.717, 1.165) is 40.0 Å². The number of halogens is 3. The highest BCUT2D eigenvalue weighted by Gasteiger charge is 2.42. The molecule has 4 aromatic rings. The number of aryl methyl sites for hydroxylation is 2. The fourth-order valence-electron chi connectivity index (χ4n) is 4.96. The molecule has 0 saturated carbocycles. The minimum Gasteiger partial charge on any atom is -0.351 e. The Balaban J connectivity index is 1.67. The van der Waals surface area contributed by atoms with E-state index in [1.807, 2.05) is 73.9 Å². The highest BCUT2D eigenvalue weighted by molar-refractivity contribution is 7.80. The van der Waals surface area contributed by atoms with Crippen LogP contribution in [0.5, 0.6) is 0 Å². The lowest BCUT2D eigenvalue weighted by Gasteiger charge is -2.28. The van der Waals surface area contributed by atoms with Gasteiger partial charge < -0.3 is 14.8 Å². The first-order valence-electron chi connectivity index (χ1n) is 11.6. The standard InChI is InChI=1S/C28H25F3N4S/c1-17-10-12-21(13-11-17)35-26(25(33-27(35)36)24-9-4-5-14-32-24)23-15-18(2)34(19(23)3)22-8-6-7-20(16-22)28(29,30)31/h4-16,25-26H,1-3H3,(H,33,36). The van der Waals surface area contributed by atoms with Crippen molar-refractivity contribution >= 4 is 23.0 Å². The molecule has 3 heterocycles. The number of pyridine rings is 1. The summed E-state index contributed by atoms with van der Waals surface area (Å²) in [6, 6.07) is 20.9. The molecule has 2 aromatic carbocycles. The van der Waals surface area contributed by atoms with Gasteiger partial charge in [0, 0.05) is 29.0 Å². The van der Waals surface area contributed by atoms with Crippen molar-refractivity contribution in [1.29, 1.82) is 0 Å². The Hall–Kier alpha value is -3.65. The summed E-state index contributed by atoms with van der Waals surface area (Å²) in [5, 5.41) is 4.02. The van der Waals surface area contributed by atoms with Crippen molar-refractivity contribution in [3.63, 3.8) is 0 Å². The molecule has 1 saturated heterocycles. The van der Waals surface area contributed by atoms with Gasteiger partial charge >= 0.3 is 6.18 Å². The van der Waals surface area contributed by atoms with Gasteiger partial charge in [0.15, 0.2) is 5.11 Å². The van der Waals surface area contributed by atoms with E-state index in [-0.39, 0.29) is 12.1 Å². The van der Waals surface area contributed by atoms with E-state index in [4.69, 9.17) is 12.2 Å². The van der Waals surface area contributed by atoms with Gasteiger partial charge in [0.1, 0.15) is 0 Å². The molecule has 1 N–H and O–H groups in total. The summed E-state index contributed by atoms with van der Waals surface area (Å²) < 4.78 is 42.2. The lowest BCUT2D eigenvalue weighted by atomic mass is 9.96. The number of anilines is 1. The molecule has 0 radical (unpaired) electrons. The Morgan fingerprint density at radius 1 is 0.889 bits per heavy atom. The van der Waals surface area contributed by atoms with Crippen LogP contribution in [0, 0.1) is 20.8 Å². The van der Waals surface area contributed by atoms with Crippen LogP contribution in [-0.4, -0.2) is 14.7 Å². The molecule has 0 amide bonds. The smallest absolute Gasteiger partial charge is 0.351 e. The molecule has 36 heavy (non-hydrogen) atoms. The molecule has 5 rings (SSSR count). The number of alkyl halides is 3. The SMILES string of the molecule is Cc1ccc(N2C(=S)NC(c3ccccn3)C2c2cc(C)n(-c3cccc(C(F)(F)F)c3)c2C)cc1. The van der Waals surface area contributed by atoms with Crippen LogP contribution in [0.1, 0.15) is 45.9 Å². The minimum atomic E-state index is -4.42. The summed E-state index contributed by atoms with van der Waals surface area (Å²) >= 11 is 5.80. The van der Waals surface area contributed by atoms with Crippen molar-refractivity contribution in [2.24, 2.45) is 0 Å².